The molecule has 0 bridgehead atoms. The zero-order chi connectivity index (χ0) is 21.8. The van der Waals surface area contributed by atoms with Crippen LogP contribution in [0.2, 0.25) is 0 Å². The SMILES string of the molecule is CCc1c(C)c(OC)c(OC)c(CC)c1OP(=O)(O)CNc1nccc(C)c1C. The molecule has 0 amide bonds. The van der Waals surface area contributed by atoms with Crippen LogP contribution >= 0.6 is 7.60 Å². The van der Waals surface area contributed by atoms with Gasteiger partial charge in [0.15, 0.2) is 11.5 Å². The Balaban J connectivity index is 2.42. The molecular formula is C21H31N2O5P. The quantitative estimate of drug-likeness (QED) is 0.562. The monoisotopic (exact) mass is 422 g/mol. The van der Waals surface area contributed by atoms with Crippen LogP contribution in [0, 0.1) is 20.8 Å². The van der Waals surface area contributed by atoms with Gasteiger partial charge in [-0.05, 0) is 50.8 Å². The Kier molecular flexibility index (Phi) is 7.55. The Bertz CT molecular complexity index is 930. The third kappa shape index (κ3) is 4.85. The first kappa shape index (κ1) is 23.0. The third-order valence-electron chi connectivity index (χ3n) is 5.09. The number of methoxy groups -OCH3 is 2. The molecule has 1 aromatic carbocycles. The molecule has 0 aliphatic rings. The van der Waals surface area contributed by atoms with Crippen molar-refractivity contribution in [2.75, 3.05) is 25.8 Å². The van der Waals surface area contributed by atoms with E-state index in [0.717, 1.165) is 22.3 Å². The lowest BCUT2D eigenvalue weighted by Gasteiger charge is -2.24. The summed E-state index contributed by atoms with van der Waals surface area (Å²) < 4.78 is 29.8. The van der Waals surface area contributed by atoms with Gasteiger partial charge < -0.3 is 24.2 Å². The molecule has 8 heteroatoms. The van der Waals surface area contributed by atoms with Crippen LogP contribution in [0.4, 0.5) is 5.82 Å². The van der Waals surface area contributed by atoms with Crippen LogP contribution in [-0.2, 0) is 17.4 Å². The molecule has 1 aromatic heterocycles. The number of hydrogen-bond acceptors (Lipinski definition) is 6. The molecule has 2 N–H and O–H groups in total. The number of nitrogens with one attached hydrogen (secondary N) is 1. The third-order valence-corrected chi connectivity index (χ3v) is 6.12. The molecule has 0 aliphatic carbocycles. The fraction of sp³-hybridized carbons (Fsp3) is 0.476. The average Bonchev–Trinajstić information content (AvgIpc) is 2.68. The summed E-state index contributed by atoms with van der Waals surface area (Å²) in [6.45, 7) is 9.69. The van der Waals surface area contributed by atoms with Crippen LogP contribution in [0.1, 0.15) is 41.7 Å². The fourth-order valence-electron chi connectivity index (χ4n) is 3.38. The second-order valence-electron chi connectivity index (χ2n) is 6.85. The Morgan fingerprint density at radius 1 is 1.00 bits per heavy atom. The van der Waals surface area contributed by atoms with E-state index in [4.69, 9.17) is 14.0 Å². The summed E-state index contributed by atoms with van der Waals surface area (Å²) in [6.07, 6.45) is 2.59. The van der Waals surface area contributed by atoms with Crippen molar-refractivity contribution < 1.29 is 23.5 Å². The molecule has 0 saturated heterocycles. The van der Waals surface area contributed by atoms with Crippen LogP contribution in [0.3, 0.4) is 0 Å². The molecule has 0 spiro atoms. The molecule has 1 atom stereocenters. The lowest BCUT2D eigenvalue weighted by atomic mass is 9.97. The average molecular weight is 422 g/mol. The van der Waals surface area contributed by atoms with Gasteiger partial charge in [0.25, 0.3) is 0 Å². The summed E-state index contributed by atoms with van der Waals surface area (Å²) >= 11 is 0. The highest BCUT2D eigenvalue weighted by Gasteiger charge is 2.29. The minimum Gasteiger partial charge on any atom is -0.493 e. The topological polar surface area (TPSA) is 89.9 Å². The summed E-state index contributed by atoms with van der Waals surface area (Å²) in [4.78, 5) is 14.8. The van der Waals surface area contributed by atoms with Gasteiger partial charge in [-0.2, -0.15) is 0 Å². The zero-order valence-corrected chi connectivity index (χ0v) is 19.1. The van der Waals surface area contributed by atoms with Crippen LogP contribution in [0.25, 0.3) is 0 Å². The van der Waals surface area contributed by atoms with E-state index < -0.39 is 7.60 Å². The number of pyridine rings is 1. The number of benzene rings is 1. The van der Waals surface area contributed by atoms with Crippen molar-refractivity contribution in [1.82, 2.24) is 4.98 Å². The number of anilines is 1. The minimum atomic E-state index is -4.02. The van der Waals surface area contributed by atoms with Crippen molar-refractivity contribution in [3.8, 4) is 17.2 Å². The highest BCUT2D eigenvalue weighted by Crippen LogP contribution is 2.51. The molecular weight excluding hydrogens is 391 g/mol. The smallest absolute Gasteiger partial charge is 0.395 e. The molecule has 2 rings (SSSR count). The number of nitrogens with zero attached hydrogens (tertiary/aromatic N) is 1. The molecule has 1 heterocycles. The van der Waals surface area contributed by atoms with E-state index >= 15 is 0 Å². The van der Waals surface area contributed by atoms with Gasteiger partial charge in [-0.15, -0.1) is 0 Å². The number of hydrogen-bond donors (Lipinski definition) is 2. The molecule has 160 valence electrons. The first-order valence-electron chi connectivity index (χ1n) is 9.64. The number of aromatic nitrogens is 1. The largest absolute Gasteiger partial charge is 0.493 e. The first-order chi connectivity index (χ1) is 13.7. The Hall–Kier alpha value is -2.24. The molecule has 0 fully saturated rings. The molecule has 0 aliphatic heterocycles. The predicted molar refractivity (Wildman–Crippen MR) is 116 cm³/mol. The molecule has 0 saturated carbocycles. The van der Waals surface area contributed by atoms with Gasteiger partial charge in [0.2, 0.25) is 0 Å². The van der Waals surface area contributed by atoms with E-state index in [-0.39, 0.29) is 6.29 Å². The summed E-state index contributed by atoms with van der Waals surface area (Å²) in [5.41, 5.74) is 4.36. The lowest BCUT2D eigenvalue weighted by molar-refractivity contribution is 0.342. The fourth-order valence-corrected chi connectivity index (χ4v) is 4.30. The molecule has 1 unspecified atom stereocenters. The highest BCUT2D eigenvalue weighted by molar-refractivity contribution is 7.53. The van der Waals surface area contributed by atoms with Crippen molar-refractivity contribution >= 4 is 13.4 Å². The maximum atomic E-state index is 12.9. The number of aryl methyl sites for hydroxylation is 1. The van der Waals surface area contributed by atoms with Crippen LogP contribution < -0.4 is 19.3 Å². The first-order valence-corrected chi connectivity index (χ1v) is 11.4. The van der Waals surface area contributed by atoms with Crippen LogP contribution in [-0.4, -0.2) is 30.4 Å². The molecule has 2 aromatic rings. The van der Waals surface area contributed by atoms with Gasteiger partial charge in [-0.25, -0.2) is 9.55 Å². The van der Waals surface area contributed by atoms with Gasteiger partial charge in [0.1, 0.15) is 17.9 Å². The van der Waals surface area contributed by atoms with E-state index in [1.807, 2.05) is 40.7 Å². The van der Waals surface area contributed by atoms with E-state index in [9.17, 15) is 9.46 Å². The van der Waals surface area contributed by atoms with Gasteiger partial charge in [-0.1, -0.05) is 13.8 Å². The second-order valence-corrected chi connectivity index (χ2v) is 8.62. The van der Waals surface area contributed by atoms with Crippen LogP contribution in [0.15, 0.2) is 12.3 Å². The van der Waals surface area contributed by atoms with E-state index in [0.29, 0.717) is 41.5 Å². The predicted octanol–water partition coefficient (Wildman–Crippen LogP) is 4.78. The molecule has 0 radical (unpaired) electrons. The van der Waals surface area contributed by atoms with Crippen molar-refractivity contribution in [3.05, 3.63) is 40.1 Å². The number of ether oxygens (including phenoxy) is 2. The summed E-state index contributed by atoms with van der Waals surface area (Å²) in [7, 11) is -0.877. The van der Waals surface area contributed by atoms with E-state index in [1.165, 1.54) is 0 Å². The Morgan fingerprint density at radius 2 is 1.62 bits per heavy atom. The highest BCUT2D eigenvalue weighted by atomic mass is 31.2. The molecule has 29 heavy (non-hydrogen) atoms. The standard InChI is InChI=1S/C21H31N2O5P/c1-8-16-15(5)18(26-6)20(27-7)17(9-2)19(16)28-29(24,25)12-23-21-14(4)13(3)10-11-22-21/h10-11H,8-9,12H2,1-7H3,(H,22,23)(H,24,25). The van der Waals surface area contributed by atoms with Gasteiger partial charge in [0.05, 0.1) is 14.2 Å². The maximum Gasteiger partial charge on any atom is 0.395 e. The number of rotatable bonds is 9. The normalized spacial score (nSPS) is 13.0. The zero-order valence-electron chi connectivity index (χ0n) is 18.3. The van der Waals surface area contributed by atoms with Crippen molar-refractivity contribution in [2.45, 2.75) is 47.5 Å². The van der Waals surface area contributed by atoms with Gasteiger partial charge >= 0.3 is 7.60 Å². The summed E-state index contributed by atoms with van der Waals surface area (Å²) in [5.74, 6) is 2.12. The van der Waals surface area contributed by atoms with Crippen molar-refractivity contribution in [1.29, 1.82) is 0 Å². The van der Waals surface area contributed by atoms with Crippen molar-refractivity contribution in [2.24, 2.45) is 0 Å². The van der Waals surface area contributed by atoms with Crippen LogP contribution in [0.5, 0.6) is 17.2 Å². The maximum absolute atomic E-state index is 12.9. The van der Waals surface area contributed by atoms with Crippen molar-refractivity contribution in [3.63, 3.8) is 0 Å². The Labute approximate surface area is 173 Å². The van der Waals surface area contributed by atoms with Gasteiger partial charge in [-0.3, -0.25) is 0 Å². The van der Waals surface area contributed by atoms with Gasteiger partial charge in [0, 0.05) is 22.9 Å². The minimum absolute atomic E-state index is 0.260. The molecule has 7 nitrogen and oxygen atoms in total. The van der Waals surface area contributed by atoms with E-state index in [1.54, 1.807) is 20.4 Å². The lowest BCUT2D eigenvalue weighted by Crippen LogP contribution is -2.12. The van der Waals surface area contributed by atoms with E-state index in [2.05, 4.69) is 10.3 Å². The summed E-state index contributed by atoms with van der Waals surface area (Å²) in [5, 5.41) is 2.95. The Morgan fingerprint density at radius 3 is 2.17 bits per heavy atom. The summed E-state index contributed by atoms with van der Waals surface area (Å²) in [6, 6.07) is 1.89. The second kappa shape index (κ2) is 9.51.